The van der Waals surface area contributed by atoms with Gasteiger partial charge in [0.25, 0.3) is 0 Å². The van der Waals surface area contributed by atoms with Crippen LogP contribution in [0.25, 0.3) is 22.3 Å². The predicted molar refractivity (Wildman–Crippen MR) is 158 cm³/mol. The van der Waals surface area contributed by atoms with Gasteiger partial charge >= 0.3 is 0 Å². The molecular weight excluding hydrogens is 493 g/mol. The third-order valence-corrected chi connectivity index (χ3v) is 7.42. The molecule has 0 saturated carbocycles. The van der Waals surface area contributed by atoms with Crippen molar-refractivity contribution in [1.29, 1.82) is 0 Å². The molecule has 0 spiro atoms. The van der Waals surface area contributed by atoms with Gasteiger partial charge in [0.15, 0.2) is 17.5 Å². The molecule has 3 aromatic rings. The zero-order valence-corrected chi connectivity index (χ0v) is 23.8. The quantitative estimate of drug-likeness (QED) is 0.116. The van der Waals surface area contributed by atoms with Crippen molar-refractivity contribution < 1.29 is 17.9 Å². The van der Waals surface area contributed by atoms with Crippen LogP contribution in [0.2, 0.25) is 0 Å². The Hall–Kier alpha value is -2.75. The highest BCUT2D eigenvalue weighted by Crippen LogP contribution is 2.31. The van der Waals surface area contributed by atoms with Crippen LogP contribution in [0.15, 0.2) is 54.6 Å². The summed E-state index contributed by atoms with van der Waals surface area (Å²) in [4.78, 5) is 0. The van der Waals surface area contributed by atoms with Crippen molar-refractivity contribution in [2.24, 2.45) is 0 Å². The minimum atomic E-state index is -1.39. The second kappa shape index (κ2) is 17.0. The van der Waals surface area contributed by atoms with Gasteiger partial charge in [0, 0.05) is 5.56 Å². The van der Waals surface area contributed by atoms with Crippen molar-refractivity contribution in [2.45, 2.75) is 104 Å². The monoisotopic (exact) mass is 538 g/mol. The Morgan fingerprint density at radius 3 is 1.59 bits per heavy atom. The third kappa shape index (κ3) is 9.74. The van der Waals surface area contributed by atoms with Crippen LogP contribution in [0.4, 0.5) is 13.2 Å². The molecule has 3 aromatic carbocycles. The number of benzene rings is 3. The SMILES string of the molecule is CCCCCCCCCCOc1ccc(-c2ccc(-c3cc(CCCCCCC)c(F)c(F)c3F)cc2)cc1. The maximum absolute atomic E-state index is 14.7. The van der Waals surface area contributed by atoms with E-state index in [9.17, 15) is 13.2 Å². The first-order valence-corrected chi connectivity index (χ1v) is 15.0. The molecule has 0 heterocycles. The van der Waals surface area contributed by atoms with Crippen molar-refractivity contribution in [3.63, 3.8) is 0 Å². The van der Waals surface area contributed by atoms with E-state index in [0.29, 0.717) is 12.0 Å². The number of halogens is 3. The minimum Gasteiger partial charge on any atom is -0.494 e. The molecule has 0 bridgehead atoms. The summed E-state index contributed by atoms with van der Waals surface area (Å²) in [6.45, 7) is 5.10. The molecule has 0 amide bonds. The number of aryl methyl sites for hydroxylation is 1. The molecule has 0 aromatic heterocycles. The fourth-order valence-corrected chi connectivity index (χ4v) is 4.98. The number of hydrogen-bond donors (Lipinski definition) is 0. The summed E-state index contributed by atoms with van der Waals surface area (Å²) in [7, 11) is 0. The summed E-state index contributed by atoms with van der Waals surface area (Å²) in [5.74, 6) is -2.73. The topological polar surface area (TPSA) is 9.23 Å². The van der Waals surface area contributed by atoms with E-state index in [1.54, 1.807) is 12.1 Å². The van der Waals surface area contributed by atoms with E-state index < -0.39 is 17.5 Å². The Labute approximate surface area is 233 Å². The first kappa shape index (κ1) is 30.8. The lowest BCUT2D eigenvalue weighted by Gasteiger charge is -2.12. The largest absolute Gasteiger partial charge is 0.494 e. The molecule has 0 aliphatic heterocycles. The van der Waals surface area contributed by atoms with Crippen LogP contribution in [0.5, 0.6) is 5.75 Å². The van der Waals surface area contributed by atoms with Gasteiger partial charge in [0.05, 0.1) is 6.61 Å². The van der Waals surface area contributed by atoms with E-state index in [-0.39, 0.29) is 11.1 Å². The molecule has 0 unspecified atom stereocenters. The Morgan fingerprint density at radius 1 is 0.513 bits per heavy atom. The Morgan fingerprint density at radius 2 is 1.00 bits per heavy atom. The fourth-order valence-electron chi connectivity index (χ4n) is 4.98. The Balaban J connectivity index is 1.55. The average molecular weight is 539 g/mol. The Bertz CT molecular complexity index is 1110. The van der Waals surface area contributed by atoms with Gasteiger partial charge < -0.3 is 4.74 Å². The van der Waals surface area contributed by atoms with E-state index in [4.69, 9.17) is 4.74 Å². The lowest BCUT2D eigenvalue weighted by molar-refractivity contribution is 0.304. The summed E-state index contributed by atoms with van der Waals surface area (Å²) >= 11 is 0. The standard InChI is InChI=1S/C35H45F3O/c1-3-5-7-9-10-11-13-15-25-39-31-23-21-28(22-24-31)27-17-19-29(20-18-27)32-26-30(16-14-12-8-6-4-2)33(36)35(38)34(32)37/h17-24,26H,3-16,25H2,1-2H3. The molecule has 0 saturated heterocycles. The number of hydrogen-bond acceptors (Lipinski definition) is 1. The van der Waals surface area contributed by atoms with Gasteiger partial charge in [-0.25, -0.2) is 13.2 Å². The van der Waals surface area contributed by atoms with Crippen LogP contribution >= 0.6 is 0 Å². The lowest BCUT2D eigenvalue weighted by Crippen LogP contribution is -2.01. The van der Waals surface area contributed by atoms with Gasteiger partial charge in [-0.3, -0.25) is 0 Å². The maximum atomic E-state index is 14.7. The highest BCUT2D eigenvalue weighted by molar-refractivity contribution is 5.71. The number of rotatable bonds is 18. The van der Waals surface area contributed by atoms with Crippen molar-refractivity contribution in [1.82, 2.24) is 0 Å². The molecule has 3 rings (SSSR count). The molecular formula is C35H45F3O. The van der Waals surface area contributed by atoms with Crippen LogP contribution in [-0.4, -0.2) is 6.61 Å². The first-order chi connectivity index (χ1) is 19.0. The van der Waals surface area contributed by atoms with Gasteiger partial charge in [-0.15, -0.1) is 0 Å². The van der Waals surface area contributed by atoms with E-state index in [1.165, 1.54) is 51.0 Å². The van der Waals surface area contributed by atoms with Crippen molar-refractivity contribution in [3.05, 3.63) is 77.6 Å². The van der Waals surface area contributed by atoms with Crippen LogP contribution in [0, 0.1) is 17.5 Å². The zero-order chi connectivity index (χ0) is 27.9. The highest BCUT2D eigenvalue weighted by atomic mass is 19.2. The first-order valence-electron chi connectivity index (χ1n) is 15.0. The van der Waals surface area contributed by atoms with Crippen LogP contribution in [0.1, 0.15) is 103 Å². The minimum absolute atomic E-state index is 0.105. The second-order valence-corrected chi connectivity index (χ2v) is 10.6. The van der Waals surface area contributed by atoms with Crippen LogP contribution < -0.4 is 4.74 Å². The van der Waals surface area contributed by atoms with Gasteiger partial charge in [0.2, 0.25) is 0 Å². The summed E-state index contributed by atoms with van der Waals surface area (Å²) in [5.41, 5.74) is 2.86. The average Bonchev–Trinajstić information content (AvgIpc) is 2.96. The molecule has 0 atom stereocenters. The molecule has 0 fully saturated rings. The van der Waals surface area contributed by atoms with Gasteiger partial charge in [0.1, 0.15) is 5.75 Å². The molecule has 4 heteroatoms. The molecule has 0 radical (unpaired) electrons. The molecule has 212 valence electrons. The van der Waals surface area contributed by atoms with Crippen LogP contribution in [0.3, 0.4) is 0 Å². The summed E-state index contributed by atoms with van der Waals surface area (Å²) in [6.07, 6.45) is 15.6. The lowest BCUT2D eigenvalue weighted by atomic mass is 9.96. The van der Waals surface area contributed by atoms with Crippen molar-refractivity contribution >= 4 is 0 Å². The number of ether oxygens (including phenoxy) is 1. The third-order valence-electron chi connectivity index (χ3n) is 7.42. The van der Waals surface area contributed by atoms with E-state index in [1.807, 2.05) is 36.4 Å². The van der Waals surface area contributed by atoms with Crippen molar-refractivity contribution in [2.75, 3.05) is 6.61 Å². The zero-order valence-electron chi connectivity index (χ0n) is 23.8. The molecule has 0 aliphatic carbocycles. The summed E-state index contributed by atoms with van der Waals surface area (Å²) < 4.78 is 49.4. The predicted octanol–water partition coefficient (Wildman–Crippen LogP) is 11.5. The maximum Gasteiger partial charge on any atom is 0.195 e. The van der Waals surface area contributed by atoms with E-state index in [2.05, 4.69) is 13.8 Å². The molecule has 0 N–H and O–H groups in total. The molecule has 1 nitrogen and oxygen atoms in total. The van der Waals surface area contributed by atoms with Crippen molar-refractivity contribution in [3.8, 4) is 28.0 Å². The van der Waals surface area contributed by atoms with Gasteiger partial charge in [-0.1, -0.05) is 121 Å². The number of unbranched alkanes of at least 4 members (excludes halogenated alkanes) is 11. The molecule has 0 aliphatic rings. The normalized spacial score (nSPS) is 11.2. The Kier molecular flexibility index (Phi) is 13.5. The summed E-state index contributed by atoms with van der Waals surface area (Å²) in [6, 6.07) is 16.7. The van der Waals surface area contributed by atoms with Gasteiger partial charge in [-0.2, -0.15) is 0 Å². The smallest absolute Gasteiger partial charge is 0.195 e. The van der Waals surface area contributed by atoms with Crippen LogP contribution in [-0.2, 0) is 6.42 Å². The summed E-state index contributed by atoms with van der Waals surface area (Å²) in [5, 5.41) is 0. The highest BCUT2D eigenvalue weighted by Gasteiger charge is 2.19. The van der Waals surface area contributed by atoms with E-state index in [0.717, 1.165) is 62.0 Å². The van der Waals surface area contributed by atoms with Gasteiger partial charge in [-0.05, 0) is 59.7 Å². The second-order valence-electron chi connectivity index (χ2n) is 10.6. The molecule has 39 heavy (non-hydrogen) atoms. The fraction of sp³-hybridized carbons (Fsp3) is 0.486. The van der Waals surface area contributed by atoms with E-state index >= 15 is 0 Å².